The van der Waals surface area contributed by atoms with E-state index in [1.54, 1.807) is 0 Å². The molecule has 0 spiro atoms. The summed E-state index contributed by atoms with van der Waals surface area (Å²) in [5.41, 5.74) is 8.47. The van der Waals surface area contributed by atoms with Crippen LogP contribution < -0.4 is 5.73 Å². The summed E-state index contributed by atoms with van der Waals surface area (Å²) in [5, 5.41) is 5.09. The molecule has 1 heterocycles. The lowest BCUT2D eigenvalue weighted by molar-refractivity contribution is 0.594. The van der Waals surface area contributed by atoms with Crippen LogP contribution in [0, 0.1) is 6.92 Å². The first-order valence-electron chi connectivity index (χ1n) is 5.93. The van der Waals surface area contributed by atoms with Gasteiger partial charge in [-0.1, -0.05) is 13.8 Å². The first kappa shape index (κ1) is 13.6. The molecule has 0 saturated carbocycles. The van der Waals surface area contributed by atoms with Crippen LogP contribution in [0.5, 0.6) is 0 Å². The molecule has 92 valence electrons. The third-order valence-corrected chi connectivity index (χ3v) is 3.69. The van der Waals surface area contributed by atoms with Crippen molar-refractivity contribution in [2.24, 2.45) is 5.73 Å². The van der Waals surface area contributed by atoms with Gasteiger partial charge in [0.15, 0.2) is 0 Å². The molecule has 1 atom stereocenters. The van der Waals surface area contributed by atoms with Crippen molar-refractivity contribution in [1.29, 1.82) is 0 Å². The van der Waals surface area contributed by atoms with Crippen molar-refractivity contribution in [3.05, 3.63) is 17.5 Å². The van der Waals surface area contributed by atoms with E-state index in [0.29, 0.717) is 5.25 Å². The Balaban J connectivity index is 2.51. The number of hydrogen-bond acceptors (Lipinski definition) is 3. The van der Waals surface area contributed by atoms with E-state index in [4.69, 9.17) is 5.73 Å². The highest BCUT2D eigenvalue weighted by Gasteiger charge is 2.10. The summed E-state index contributed by atoms with van der Waals surface area (Å²) in [6.45, 7) is 9.48. The van der Waals surface area contributed by atoms with Gasteiger partial charge in [-0.25, -0.2) is 0 Å². The average molecular weight is 241 g/mol. The first-order chi connectivity index (χ1) is 7.52. The van der Waals surface area contributed by atoms with E-state index in [9.17, 15) is 0 Å². The molecule has 0 radical (unpaired) electrons. The number of rotatable bonds is 6. The topological polar surface area (TPSA) is 43.8 Å². The molecule has 3 nitrogen and oxygen atoms in total. The van der Waals surface area contributed by atoms with Crippen LogP contribution in [0.3, 0.4) is 0 Å². The van der Waals surface area contributed by atoms with Gasteiger partial charge in [0.25, 0.3) is 0 Å². The van der Waals surface area contributed by atoms with E-state index in [-0.39, 0.29) is 6.04 Å². The van der Waals surface area contributed by atoms with Crippen molar-refractivity contribution in [3.63, 3.8) is 0 Å². The van der Waals surface area contributed by atoms with Crippen LogP contribution in [0.1, 0.15) is 32.2 Å². The fourth-order valence-corrected chi connectivity index (χ4v) is 2.43. The summed E-state index contributed by atoms with van der Waals surface area (Å²) in [5.74, 6) is 1.02. The first-order valence-corrected chi connectivity index (χ1v) is 6.98. The van der Waals surface area contributed by atoms with Gasteiger partial charge in [0.05, 0.1) is 5.69 Å². The molecule has 0 amide bonds. The second kappa shape index (κ2) is 6.30. The predicted octanol–water partition coefficient (Wildman–Crippen LogP) is 2.22. The Kier molecular flexibility index (Phi) is 5.35. The highest BCUT2D eigenvalue weighted by molar-refractivity contribution is 7.99. The van der Waals surface area contributed by atoms with Gasteiger partial charge in [0.1, 0.15) is 0 Å². The number of nitrogens with zero attached hydrogens (tertiary/aromatic N) is 2. The second-order valence-electron chi connectivity index (χ2n) is 4.44. The van der Waals surface area contributed by atoms with Crippen molar-refractivity contribution < 1.29 is 0 Å². The number of aryl methyl sites for hydroxylation is 2. The molecule has 1 aromatic rings. The number of hydrogen-bond donors (Lipinski definition) is 1. The molecule has 0 bridgehead atoms. The quantitative estimate of drug-likeness (QED) is 0.830. The third kappa shape index (κ3) is 4.18. The van der Waals surface area contributed by atoms with E-state index < -0.39 is 0 Å². The van der Waals surface area contributed by atoms with Crippen LogP contribution >= 0.6 is 11.8 Å². The van der Waals surface area contributed by atoms with Crippen LogP contribution in [-0.2, 0) is 13.0 Å². The summed E-state index contributed by atoms with van der Waals surface area (Å²) in [4.78, 5) is 0. The minimum absolute atomic E-state index is 0.230. The molecule has 0 aliphatic carbocycles. The molecule has 0 aliphatic heterocycles. The van der Waals surface area contributed by atoms with Gasteiger partial charge in [0, 0.05) is 30.5 Å². The normalized spacial score (nSPS) is 13.4. The summed E-state index contributed by atoms with van der Waals surface area (Å²) in [6.07, 6.45) is 0.925. The van der Waals surface area contributed by atoms with Gasteiger partial charge in [-0.15, -0.1) is 0 Å². The van der Waals surface area contributed by atoms with Crippen molar-refractivity contribution in [1.82, 2.24) is 9.78 Å². The van der Waals surface area contributed by atoms with E-state index in [2.05, 4.69) is 36.6 Å². The lowest BCUT2D eigenvalue weighted by atomic mass is 10.2. The van der Waals surface area contributed by atoms with E-state index >= 15 is 0 Å². The Morgan fingerprint density at radius 1 is 1.50 bits per heavy atom. The van der Waals surface area contributed by atoms with E-state index in [1.807, 2.05) is 18.7 Å². The Hall–Kier alpha value is -0.480. The predicted molar refractivity (Wildman–Crippen MR) is 71.9 cm³/mol. The highest BCUT2D eigenvalue weighted by Crippen LogP contribution is 2.13. The molecule has 16 heavy (non-hydrogen) atoms. The van der Waals surface area contributed by atoms with E-state index in [0.717, 1.165) is 24.4 Å². The Morgan fingerprint density at radius 3 is 2.75 bits per heavy atom. The van der Waals surface area contributed by atoms with Crippen molar-refractivity contribution in [3.8, 4) is 0 Å². The highest BCUT2D eigenvalue weighted by atomic mass is 32.2. The molecule has 0 fully saturated rings. The molecule has 2 N–H and O–H groups in total. The fraction of sp³-hybridized carbons (Fsp3) is 0.750. The Bertz CT molecular complexity index is 320. The molecule has 0 aliphatic rings. The number of thioether (sulfide) groups is 1. The lowest BCUT2D eigenvalue weighted by Gasteiger charge is -2.13. The van der Waals surface area contributed by atoms with Crippen LogP contribution in [0.4, 0.5) is 0 Å². The maximum Gasteiger partial charge on any atom is 0.0596 e. The maximum atomic E-state index is 6.12. The SMILES string of the molecule is CCn1nc(C)cc1CC(N)CSC(C)C. The van der Waals surface area contributed by atoms with Gasteiger partial charge >= 0.3 is 0 Å². The third-order valence-electron chi connectivity index (χ3n) is 2.40. The summed E-state index contributed by atoms with van der Waals surface area (Å²) in [6, 6.07) is 2.37. The van der Waals surface area contributed by atoms with Gasteiger partial charge < -0.3 is 5.73 Å². The van der Waals surface area contributed by atoms with E-state index in [1.165, 1.54) is 5.69 Å². The Labute approximate surface area is 103 Å². The van der Waals surface area contributed by atoms with Crippen molar-refractivity contribution in [2.75, 3.05) is 5.75 Å². The van der Waals surface area contributed by atoms with Crippen LogP contribution in [0.25, 0.3) is 0 Å². The molecule has 0 aromatic carbocycles. The van der Waals surface area contributed by atoms with Crippen molar-refractivity contribution in [2.45, 2.75) is 52.0 Å². The molecule has 0 saturated heterocycles. The zero-order chi connectivity index (χ0) is 12.1. The van der Waals surface area contributed by atoms with Crippen LogP contribution in [-0.4, -0.2) is 26.8 Å². The van der Waals surface area contributed by atoms with Gasteiger partial charge in [-0.3, -0.25) is 4.68 Å². The maximum absolute atomic E-state index is 6.12. The zero-order valence-electron chi connectivity index (χ0n) is 10.7. The smallest absolute Gasteiger partial charge is 0.0596 e. The number of nitrogens with two attached hydrogens (primary N) is 1. The fourth-order valence-electron chi connectivity index (χ4n) is 1.68. The zero-order valence-corrected chi connectivity index (χ0v) is 11.5. The molecular formula is C12H23N3S. The van der Waals surface area contributed by atoms with Crippen molar-refractivity contribution >= 4 is 11.8 Å². The minimum atomic E-state index is 0.230. The van der Waals surface area contributed by atoms with Crippen LogP contribution in [0.15, 0.2) is 6.07 Å². The molecular weight excluding hydrogens is 218 g/mol. The molecule has 1 aromatic heterocycles. The summed E-state index contributed by atoms with van der Waals surface area (Å²) in [7, 11) is 0. The molecule has 1 unspecified atom stereocenters. The second-order valence-corrected chi connectivity index (χ2v) is 6.05. The van der Waals surface area contributed by atoms with Gasteiger partial charge in [-0.05, 0) is 25.2 Å². The largest absolute Gasteiger partial charge is 0.327 e. The standard InChI is InChI=1S/C12H23N3S/c1-5-15-12(6-10(4)14-15)7-11(13)8-16-9(2)3/h6,9,11H,5,7-8,13H2,1-4H3. The average Bonchev–Trinajstić information content (AvgIpc) is 2.55. The van der Waals surface area contributed by atoms with Gasteiger partial charge in [0.2, 0.25) is 0 Å². The van der Waals surface area contributed by atoms with Gasteiger partial charge in [-0.2, -0.15) is 16.9 Å². The monoisotopic (exact) mass is 241 g/mol. The molecule has 4 heteroatoms. The Morgan fingerprint density at radius 2 is 2.19 bits per heavy atom. The summed E-state index contributed by atoms with van der Waals surface area (Å²) < 4.78 is 2.05. The number of aromatic nitrogens is 2. The summed E-state index contributed by atoms with van der Waals surface area (Å²) >= 11 is 1.92. The van der Waals surface area contributed by atoms with Crippen LogP contribution in [0.2, 0.25) is 0 Å². The lowest BCUT2D eigenvalue weighted by Crippen LogP contribution is -2.27. The molecule has 1 rings (SSSR count). The minimum Gasteiger partial charge on any atom is -0.327 e.